The maximum Gasteiger partial charge on any atom is 0.263 e. The molecule has 0 saturated heterocycles. The van der Waals surface area contributed by atoms with Crippen LogP contribution in [0.2, 0.25) is 0 Å². The van der Waals surface area contributed by atoms with Gasteiger partial charge in [-0.05, 0) is 31.9 Å². The molecule has 0 bridgehead atoms. The summed E-state index contributed by atoms with van der Waals surface area (Å²) in [5, 5.41) is 7.05. The van der Waals surface area contributed by atoms with Gasteiger partial charge in [0.1, 0.15) is 10.6 Å². The molecule has 5 nitrogen and oxygen atoms in total. The Bertz CT molecular complexity index is 600. The lowest BCUT2D eigenvalue weighted by atomic mass is 10.2. The predicted octanol–water partition coefficient (Wildman–Crippen LogP) is 3.33. The number of anilines is 1. The summed E-state index contributed by atoms with van der Waals surface area (Å²) in [6.07, 6.45) is 6.25. The van der Waals surface area contributed by atoms with E-state index in [-0.39, 0.29) is 5.91 Å². The van der Waals surface area contributed by atoms with Crippen LogP contribution in [0.4, 0.5) is 5.13 Å². The minimum absolute atomic E-state index is 0.00273. The van der Waals surface area contributed by atoms with Gasteiger partial charge in [-0.3, -0.25) is 4.79 Å². The number of nitrogens with zero attached hydrogens (tertiary/aromatic N) is 1. The normalized spacial score (nSPS) is 15.3. The van der Waals surface area contributed by atoms with Crippen LogP contribution in [-0.2, 0) is 6.54 Å². The number of thiazole rings is 1. The fourth-order valence-corrected chi connectivity index (χ4v) is 3.44. The monoisotopic (exact) mass is 305 g/mol. The number of carbonyl (C=O) groups is 1. The van der Waals surface area contributed by atoms with Crippen molar-refractivity contribution in [3.8, 4) is 0 Å². The van der Waals surface area contributed by atoms with Crippen molar-refractivity contribution in [3.63, 3.8) is 0 Å². The molecule has 1 aliphatic carbocycles. The zero-order valence-electron chi connectivity index (χ0n) is 12.0. The smallest absolute Gasteiger partial charge is 0.263 e. The molecule has 2 aromatic heterocycles. The second-order valence-electron chi connectivity index (χ2n) is 5.32. The number of furan rings is 1. The van der Waals surface area contributed by atoms with Crippen molar-refractivity contribution in [1.29, 1.82) is 0 Å². The molecule has 2 heterocycles. The summed E-state index contributed by atoms with van der Waals surface area (Å²) in [6.45, 7) is 2.45. The molecule has 2 N–H and O–H groups in total. The van der Waals surface area contributed by atoms with Crippen molar-refractivity contribution in [3.05, 3.63) is 34.7 Å². The molecule has 0 aromatic carbocycles. The lowest BCUT2D eigenvalue weighted by molar-refractivity contribution is 0.0941. The maximum absolute atomic E-state index is 12.3. The molecule has 1 fully saturated rings. The Balaban J connectivity index is 1.61. The highest BCUT2D eigenvalue weighted by Gasteiger charge is 2.21. The molecular formula is C15H19N3O2S. The van der Waals surface area contributed by atoms with E-state index in [2.05, 4.69) is 15.6 Å². The zero-order chi connectivity index (χ0) is 14.7. The average Bonchev–Trinajstić information content (AvgIpc) is 3.17. The summed E-state index contributed by atoms with van der Waals surface area (Å²) in [5.41, 5.74) is 0.775. The predicted molar refractivity (Wildman–Crippen MR) is 82.6 cm³/mol. The van der Waals surface area contributed by atoms with Crippen LogP contribution in [0.3, 0.4) is 0 Å². The van der Waals surface area contributed by atoms with Crippen molar-refractivity contribution in [2.45, 2.75) is 45.2 Å². The molecule has 0 aliphatic heterocycles. The molecule has 0 radical (unpaired) electrons. The number of carbonyl (C=O) groups excluding carboxylic acids is 1. The molecule has 0 spiro atoms. The molecule has 0 unspecified atom stereocenters. The maximum atomic E-state index is 12.3. The first-order chi connectivity index (χ1) is 10.2. The number of hydrogen-bond acceptors (Lipinski definition) is 5. The first-order valence-electron chi connectivity index (χ1n) is 7.27. The van der Waals surface area contributed by atoms with Crippen LogP contribution in [-0.4, -0.2) is 16.9 Å². The molecule has 0 atom stereocenters. The minimum atomic E-state index is 0.00273. The number of rotatable bonds is 5. The van der Waals surface area contributed by atoms with Gasteiger partial charge < -0.3 is 15.1 Å². The second kappa shape index (κ2) is 6.30. The van der Waals surface area contributed by atoms with Crippen LogP contribution >= 0.6 is 11.3 Å². The SMILES string of the molecule is Cc1nc(NCc2ccco2)sc1C(=O)NC1CCCC1. The Morgan fingerprint density at radius 2 is 2.29 bits per heavy atom. The Hall–Kier alpha value is -1.82. The molecule has 1 aliphatic rings. The summed E-state index contributed by atoms with van der Waals surface area (Å²) < 4.78 is 5.26. The lowest BCUT2D eigenvalue weighted by Gasteiger charge is -2.10. The van der Waals surface area contributed by atoms with Crippen molar-refractivity contribution in [2.24, 2.45) is 0 Å². The van der Waals surface area contributed by atoms with E-state index in [1.54, 1.807) is 6.26 Å². The third-order valence-corrected chi connectivity index (χ3v) is 4.80. The third kappa shape index (κ3) is 3.44. The van der Waals surface area contributed by atoms with Gasteiger partial charge in [-0.1, -0.05) is 24.2 Å². The van der Waals surface area contributed by atoms with Crippen LogP contribution < -0.4 is 10.6 Å². The van der Waals surface area contributed by atoms with E-state index < -0.39 is 0 Å². The van der Waals surface area contributed by atoms with Crippen molar-refractivity contribution < 1.29 is 9.21 Å². The van der Waals surface area contributed by atoms with Gasteiger partial charge in [-0.2, -0.15) is 0 Å². The fraction of sp³-hybridized carbons (Fsp3) is 0.467. The van der Waals surface area contributed by atoms with Gasteiger partial charge in [0.2, 0.25) is 0 Å². The lowest BCUT2D eigenvalue weighted by Crippen LogP contribution is -2.32. The van der Waals surface area contributed by atoms with Crippen LogP contribution in [0, 0.1) is 6.92 Å². The summed E-state index contributed by atoms with van der Waals surface area (Å²) >= 11 is 1.40. The molecule has 3 rings (SSSR count). The van der Waals surface area contributed by atoms with Crippen molar-refractivity contribution >= 4 is 22.4 Å². The molecular weight excluding hydrogens is 286 g/mol. The Morgan fingerprint density at radius 3 is 3.00 bits per heavy atom. The van der Waals surface area contributed by atoms with Crippen molar-refractivity contribution in [1.82, 2.24) is 10.3 Å². The molecule has 6 heteroatoms. The first-order valence-corrected chi connectivity index (χ1v) is 8.08. The Kier molecular flexibility index (Phi) is 4.24. The third-order valence-electron chi connectivity index (χ3n) is 3.69. The standard InChI is InChI=1S/C15H19N3O2S/c1-10-13(14(19)18-11-5-2-3-6-11)21-15(17-10)16-9-12-7-4-8-20-12/h4,7-8,11H,2-3,5-6,9H2,1H3,(H,16,17)(H,18,19). The highest BCUT2D eigenvalue weighted by Crippen LogP contribution is 2.24. The van der Waals surface area contributed by atoms with E-state index in [1.807, 2.05) is 19.1 Å². The van der Waals surface area contributed by atoms with Gasteiger partial charge in [-0.15, -0.1) is 0 Å². The summed E-state index contributed by atoms with van der Waals surface area (Å²) in [4.78, 5) is 17.4. The number of aryl methyl sites for hydroxylation is 1. The summed E-state index contributed by atoms with van der Waals surface area (Å²) in [7, 11) is 0. The van der Waals surface area contributed by atoms with Crippen LogP contribution in [0.15, 0.2) is 22.8 Å². The average molecular weight is 305 g/mol. The summed E-state index contributed by atoms with van der Waals surface area (Å²) in [6, 6.07) is 4.09. The Morgan fingerprint density at radius 1 is 1.48 bits per heavy atom. The van der Waals surface area contributed by atoms with Gasteiger partial charge in [0.05, 0.1) is 18.5 Å². The van der Waals surface area contributed by atoms with E-state index in [0.717, 1.165) is 29.4 Å². The largest absolute Gasteiger partial charge is 0.467 e. The zero-order valence-corrected chi connectivity index (χ0v) is 12.8. The highest BCUT2D eigenvalue weighted by atomic mass is 32.1. The van der Waals surface area contributed by atoms with Crippen LogP contribution in [0.1, 0.15) is 46.8 Å². The minimum Gasteiger partial charge on any atom is -0.467 e. The van der Waals surface area contributed by atoms with E-state index in [4.69, 9.17) is 4.42 Å². The van der Waals surface area contributed by atoms with E-state index in [1.165, 1.54) is 24.2 Å². The number of amides is 1. The fourth-order valence-electron chi connectivity index (χ4n) is 2.58. The van der Waals surface area contributed by atoms with E-state index in [9.17, 15) is 4.79 Å². The molecule has 112 valence electrons. The topological polar surface area (TPSA) is 67.2 Å². The quantitative estimate of drug-likeness (QED) is 0.889. The first kappa shape index (κ1) is 14.1. The van der Waals surface area contributed by atoms with Gasteiger partial charge in [0.25, 0.3) is 5.91 Å². The van der Waals surface area contributed by atoms with Gasteiger partial charge in [-0.25, -0.2) is 4.98 Å². The van der Waals surface area contributed by atoms with Gasteiger partial charge in [0.15, 0.2) is 5.13 Å². The van der Waals surface area contributed by atoms with Gasteiger partial charge in [0, 0.05) is 6.04 Å². The van der Waals surface area contributed by atoms with Crippen LogP contribution in [0.5, 0.6) is 0 Å². The molecule has 1 amide bonds. The van der Waals surface area contributed by atoms with Crippen molar-refractivity contribution in [2.75, 3.05) is 5.32 Å². The number of hydrogen-bond donors (Lipinski definition) is 2. The molecule has 1 saturated carbocycles. The number of aromatic nitrogens is 1. The Labute approximate surface area is 127 Å². The second-order valence-corrected chi connectivity index (χ2v) is 6.32. The summed E-state index contributed by atoms with van der Waals surface area (Å²) in [5.74, 6) is 0.850. The van der Waals surface area contributed by atoms with E-state index in [0.29, 0.717) is 17.5 Å². The molecule has 21 heavy (non-hydrogen) atoms. The number of nitrogens with one attached hydrogen (secondary N) is 2. The van der Waals surface area contributed by atoms with E-state index >= 15 is 0 Å². The highest BCUT2D eigenvalue weighted by molar-refractivity contribution is 7.17. The molecule has 2 aromatic rings. The van der Waals surface area contributed by atoms with Gasteiger partial charge >= 0.3 is 0 Å². The van der Waals surface area contributed by atoms with Crippen LogP contribution in [0.25, 0.3) is 0 Å².